The zero-order valence-electron chi connectivity index (χ0n) is 19.5. The van der Waals surface area contributed by atoms with E-state index in [4.69, 9.17) is 9.72 Å². The monoisotopic (exact) mass is 462 g/mol. The number of anilines is 1. The molecule has 1 unspecified atom stereocenters. The van der Waals surface area contributed by atoms with Crippen LogP contribution in [0.15, 0.2) is 48.7 Å². The van der Waals surface area contributed by atoms with Gasteiger partial charge in [-0.1, -0.05) is 6.07 Å². The zero-order chi connectivity index (χ0) is 24.2. The van der Waals surface area contributed by atoms with E-state index in [1.54, 1.807) is 17.2 Å². The second-order valence-corrected chi connectivity index (χ2v) is 8.49. The Morgan fingerprint density at radius 2 is 1.94 bits per heavy atom. The van der Waals surface area contributed by atoms with E-state index in [1.807, 2.05) is 32.9 Å². The van der Waals surface area contributed by atoms with Crippen LogP contribution in [0.25, 0.3) is 0 Å². The zero-order valence-corrected chi connectivity index (χ0v) is 19.5. The first-order valence-electron chi connectivity index (χ1n) is 11.2. The van der Waals surface area contributed by atoms with Crippen molar-refractivity contribution in [1.29, 1.82) is 0 Å². The maximum atomic E-state index is 13.1. The molecule has 0 bridgehead atoms. The quantitative estimate of drug-likeness (QED) is 0.588. The minimum atomic E-state index is -0.435. The smallest absolute Gasteiger partial charge is 0.414 e. The van der Waals surface area contributed by atoms with E-state index in [9.17, 15) is 14.0 Å². The number of pyridine rings is 2. The van der Waals surface area contributed by atoms with Crippen molar-refractivity contribution in [2.75, 3.05) is 11.4 Å². The van der Waals surface area contributed by atoms with Crippen LogP contribution in [0.2, 0.25) is 0 Å². The Balaban J connectivity index is 1.43. The van der Waals surface area contributed by atoms with Crippen molar-refractivity contribution in [1.82, 2.24) is 15.3 Å². The number of halogens is 1. The van der Waals surface area contributed by atoms with Crippen molar-refractivity contribution in [2.45, 2.75) is 46.3 Å². The van der Waals surface area contributed by atoms with Gasteiger partial charge in [-0.25, -0.2) is 9.18 Å². The summed E-state index contributed by atoms with van der Waals surface area (Å²) < 4.78 is 18.7. The fraction of sp³-hybridized carbons (Fsp3) is 0.308. The molecule has 0 aliphatic carbocycles. The van der Waals surface area contributed by atoms with Gasteiger partial charge in [0.05, 0.1) is 28.8 Å². The molecule has 4 rings (SSSR count). The van der Waals surface area contributed by atoms with E-state index < -0.39 is 11.9 Å². The SMILES string of the molecule is Cc1cnc(COC(=O)N2CCCc3nc(C(C)NC(=O)c4ccc(F)cc4)ccc32)c(C)c1. The summed E-state index contributed by atoms with van der Waals surface area (Å²) in [7, 11) is 0. The van der Waals surface area contributed by atoms with E-state index >= 15 is 0 Å². The number of hydrogen-bond acceptors (Lipinski definition) is 5. The molecule has 1 aliphatic rings. The van der Waals surface area contributed by atoms with Gasteiger partial charge in [0, 0.05) is 18.3 Å². The first-order valence-corrected chi connectivity index (χ1v) is 11.2. The van der Waals surface area contributed by atoms with Crippen molar-refractivity contribution >= 4 is 17.7 Å². The molecule has 0 saturated carbocycles. The van der Waals surface area contributed by atoms with Crippen LogP contribution in [0.3, 0.4) is 0 Å². The molecule has 0 radical (unpaired) electrons. The molecule has 8 heteroatoms. The number of carbonyl (C=O) groups is 2. The number of ether oxygens (including phenoxy) is 1. The van der Waals surface area contributed by atoms with Gasteiger partial charge in [-0.2, -0.15) is 0 Å². The Morgan fingerprint density at radius 3 is 2.68 bits per heavy atom. The molecule has 0 spiro atoms. The number of hydrogen-bond donors (Lipinski definition) is 1. The third kappa shape index (κ3) is 5.22. The number of rotatable bonds is 5. The molecule has 0 saturated heterocycles. The fourth-order valence-corrected chi connectivity index (χ4v) is 3.95. The van der Waals surface area contributed by atoms with Gasteiger partial charge < -0.3 is 10.1 Å². The maximum Gasteiger partial charge on any atom is 0.414 e. The molecule has 1 aliphatic heterocycles. The lowest BCUT2D eigenvalue weighted by Crippen LogP contribution is -2.36. The van der Waals surface area contributed by atoms with E-state index in [0.717, 1.165) is 35.4 Å². The Labute approximate surface area is 198 Å². The second-order valence-electron chi connectivity index (χ2n) is 8.49. The summed E-state index contributed by atoms with van der Waals surface area (Å²) in [6.07, 6.45) is 2.81. The minimum Gasteiger partial charge on any atom is -0.443 e. The third-order valence-electron chi connectivity index (χ3n) is 5.83. The average molecular weight is 463 g/mol. The van der Waals surface area contributed by atoms with Crippen LogP contribution in [0.4, 0.5) is 14.9 Å². The number of aryl methyl sites for hydroxylation is 3. The standard InChI is InChI=1S/C26H27FN4O3/c1-16-13-17(2)23(28-14-16)15-34-26(33)31-12-4-5-22-24(31)11-10-21(30-22)18(3)29-25(32)19-6-8-20(27)9-7-19/h6-11,13-14,18H,4-5,12,15H2,1-3H3,(H,29,32). The molecular formula is C26H27FN4O3. The van der Waals surface area contributed by atoms with Crippen LogP contribution >= 0.6 is 0 Å². The number of nitrogens with one attached hydrogen (secondary N) is 1. The highest BCUT2D eigenvalue weighted by Gasteiger charge is 2.26. The molecule has 7 nitrogen and oxygen atoms in total. The first-order chi connectivity index (χ1) is 16.3. The average Bonchev–Trinajstić information content (AvgIpc) is 2.83. The summed E-state index contributed by atoms with van der Waals surface area (Å²) in [5.74, 6) is -0.702. The van der Waals surface area contributed by atoms with Crippen molar-refractivity contribution in [2.24, 2.45) is 0 Å². The second kappa shape index (κ2) is 9.99. The molecule has 2 aromatic heterocycles. The van der Waals surface area contributed by atoms with Crippen LogP contribution in [-0.4, -0.2) is 28.5 Å². The van der Waals surface area contributed by atoms with Gasteiger partial charge in [-0.3, -0.25) is 19.7 Å². The van der Waals surface area contributed by atoms with E-state index in [1.165, 1.54) is 24.3 Å². The van der Waals surface area contributed by atoms with Gasteiger partial charge in [-0.15, -0.1) is 0 Å². The highest BCUT2D eigenvalue weighted by molar-refractivity contribution is 5.94. The van der Waals surface area contributed by atoms with Crippen LogP contribution in [-0.2, 0) is 17.8 Å². The lowest BCUT2D eigenvalue weighted by atomic mass is 10.1. The number of carbonyl (C=O) groups excluding carboxylic acids is 2. The van der Waals surface area contributed by atoms with Crippen molar-refractivity contribution < 1.29 is 18.7 Å². The number of nitrogens with zero attached hydrogens (tertiary/aromatic N) is 3. The predicted octanol–water partition coefficient (Wildman–Crippen LogP) is 4.81. The van der Waals surface area contributed by atoms with E-state index in [0.29, 0.717) is 23.5 Å². The van der Waals surface area contributed by atoms with E-state index in [2.05, 4.69) is 10.3 Å². The van der Waals surface area contributed by atoms with Crippen LogP contribution in [0.1, 0.15) is 58.0 Å². The van der Waals surface area contributed by atoms with Gasteiger partial charge in [0.25, 0.3) is 5.91 Å². The van der Waals surface area contributed by atoms with Gasteiger partial charge in [0.1, 0.15) is 12.4 Å². The van der Waals surface area contributed by atoms with Crippen molar-refractivity contribution in [3.63, 3.8) is 0 Å². The molecule has 1 aromatic carbocycles. The van der Waals surface area contributed by atoms with Crippen LogP contribution in [0.5, 0.6) is 0 Å². The van der Waals surface area contributed by atoms with Crippen molar-refractivity contribution in [3.05, 3.63) is 88.3 Å². The topological polar surface area (TPSA) is 84.4 Å². The van der Waals surface area contributed by atoms with Gasteiger partial charge in [0.15, 0.2) is 0 Å². The molecule has 176 valence electrons. The van der Waals surface area contributed by atoms with Crippen LogP contribution in [0, 0.1) is 19.7 Å². The van der Waals surface area contributed by atoms with Gasteiger partial charge >= 0.3 is 6.09 Å². The van der Waals surface area contributed by atoms with Crippen LogP contribution < -0.4 is 10.2 Å². The molecule has 0 fully saturated rings. The Kier molecular flexibility index (Phi) is 6.86. The lowest BCUT2D eigenvalue weighted by Gasteiger charge is -2.29. The highest BCUT2D eigenvalue weighted by atomic mass is 19.1. The number of amides is 2. The number of fused-ring (bicyclic) bond motifs is 1. The highest BCUT2D eigenvalue weighted by Crippen LogP contribution is 2.28. The Hall–Kier alpha value is -3.81. The maximum absolute atomic E-state index is 13.1. The molecule has 3 heterocycles. The summed E-state index contributed by atoms with van der Waals surface area (Å²) in [6, 6.07) is 10.7. The Morgan fingerprint density at radius 1 is 1.18 bits per heavy atom. The molecule has 1 N–H and O–H groups in total. The van der Waals surface area contributed by atoms with Gasteiger partial charge in [-0.05, 0) is 81.1 Å². The summed E-state index contributed by atoms with van der Waals surface area (Å²) in [6.45, 7) is 6.40. The molecular weight excluding hydrogens is 435 g/mol. The number of aromatic nitrogens is 2. The predicted molar refractivity (Wildman–Crippen MR) is 126 cm³/mol. The normalized spacial score (nSPS) is 13.7. The molecule has 1 atom stereocenters. The third-order valence-corrected chi connectivity index (χ3v) is 5.83. The van der Waals surface area contributed by atoms with Crippen molar-refractivity contribution in [3.8, 4) is 0 Å². The number of benzene rings is 1. The molecule has 2 amide bonds. The lowest BCUT2D eigenvalue weighted by molar-refractivity contribution is 0.0939. The summed E-state index contributed by atoms with van der Waals surface area (Å²) in [5.41, 5.74) is 5.33. The summed E-state index contributed by atoms with van der Waals surface area (Å²) in [5, 5.41) is 2.88. The minimum absolute atomic E-state index is 0.106. The molecule has 34 heavy (non-hydrogen) atoms. The fourth-order valence-electron chi connectivity index (χ4n) is 3.95. The summed E-state index contributed by atoms with van der Waals surface area (Å²) in [4.78, 5) is 36.0. The molecule has 3 aromatic rings. The summed E-state index contributed by atoms with van der Waals surface area (Å²) >= 11 is 0. The first kappa shape index (κ1) is 23.4. The van der Waals surface area contributed by atoms with Gasteiger partial charge in [0.2, 0.25) is 0 Å². The largest absolute Gasteiger partial charge is 0.443 e. The van der Waals surface area contributed by atoms with E-state index in [-0.39, 0.29) is 18.6 Å². The Bertz CT molecular complexity index is 1210.